The first kappa shape index (κ1) is 25.8. The number of likely N-dealkylation sites (tertiary alicyclic amines) is 1. The fourth-order valence-corrected chi connectivity index (χ4v) is 5.42. The van der Waals surface area contributed by atoms with Crippen LogP contribution in [0.5, 0.6) is 17.2 Å². The number of methoxy groups -OCH3 is 3. The summed E-state index contributed by atoms with van der Waals surface area (Å²) in [5.41, 5.74) is 8.77. The van der Waals surface area contributed by atoms with Crippen molar-refractivity contribution >= 4 is 23.1 Å². The second-order valence-electron chi connectivity index (χ2n) is 9.77. The van der Waals surface area contributed by atoms with Gasteiger partial charge in [-0.15, -0.1) is 0 Å². The van der Waals surface area contributed by atoms with Gasteiger partial charge in [0.15, 0.2) is 11.5 Å². The molecule has 0 unspecified atom stereocenters. The lowest BCUT2D eigenvalue weighted by Gasteiger charge is -2.15. The Kier molecular flexibility index (Phi) is 7.74. The summed E-state index contributed by atoms with van der Waals surface area (Å²) in [7, 11) is 7.09. The quantitative estimate of drug-likeness (QED) is 0.557. The largest absolute Gasteiger partial charge is 0.496 e. The molecule has 0 bridgehead atoms. The van der Waals surface area contributed by atoms with Gasteiger partial charge in [0.05, 0.1) is 27.8 Å². The van der Waals surface area contributed by atoms with E-state index in [0.717, 1.165) is 65.1 Å². The van der Waals surface area contributed by atoms with Gasteiger partial charge >= 0.3 is 0 Å². The fourth-order valence-electron chi connectivity index (χ4n) is 5.42. The number of hydrogen-bond acceptors (Lipinski definition) is 5. The van der Waals surface area contributed by atoms with Crippen LogP contribution in [0.4, 0.5) is 0 Å². The Morgan fingerprint density at radius 2 is 1.69 bits per heavy atom. The van der Waals surface area contributed by atoms with Crippen LogP contribution < -0.4 is 19.5 Å². The highest BCUT2D eigenvalue weighted by Crippen LogP contribution is 2.48. The maximum absolute atomic E-state index is 13.1. The van der Waals surface area contributed by atoms with Crippen molar-refractivity contribution in [2.75, 3.05) is 41.5 Å². The van der Waals surface area contributed by atoms with Crippen LogP contribution in [-0.2, 0) is 11.2 Å². The fraction of sp³-hybridized carbons (Fsp3) is 0.433. The first-order valence-electron chi connectivity index (χ1n) is 12.6. The molecular formula is C30H38N2O4. The third-order valence-corrected chi connectivity index (χ3v) is 7.49. The Bertz CT molecular complexity index is 1200. The molecule has 36 heavy (non-hydrogen) atoms. The second kappa shape index (κ2) is 10.8. The zero-order valence-corrected chi connectivity index (χ0v) is 22.6. The zero-order valence-electron chi connectivity index (χ0n) is 22.6. The molecule has 0 spiro atoms. The van der Waals surface area contributed by atoms with Crippen LogP contribution >= 0.6 is 0 Å². The second-order valence-corrected chi connectivity index (χ2v) is 9.77. The Morgan fingerprint density at radius 3 is 2.28 bits per heavy atom. The summed E-state index contributed by atoms with van der Waals surface area (Å²) in [6, 6.07) is 8.53. The van der Waals surface area contributed by atoms with E-state index in [4.69, 9.17) is 14.2 Å². The minimum absolute atomic E-state index is 0.0527. The van der Waals surface area contributed by atoms with Gasteiger partial charge in [0, 0.05) is 12.6 Å². The van der Waals surface area contributed by atoms with Crippen molar-refractivity contribution < 1.29 is 19.0 Å². The Hall–Kier alpha value is -3.25. The van der Waals surface area contributed by atoms with Crippen molar-refractivity contribution in [2.24, 2.45) is 0 Å². The number of hydrogen-bond donors (Lipinski definition) is 1. The molecule has 1 saturated heterocycles. The Balaban J connectivity index is 1.78. The summed E-state index contributed by atoms with van der Waals surface area (Å²) in [5.74, 6) is 2.27. The SMILES string of the molecule is CCc1cc(/C=C2/C(C)=C(CC(=O)N[C@H]3CCN(C)C3)c3cc(OC)c(OC)cc32)cc(OC)c1C. The molecule has 4 rings (SSSR count). The molecule has 6 nitrogen and oxygen atoms in total. The van der Waals surface area contributed by atoms with Crippen LogP contribution in [0.15, 0.2) is 29.8 Å². The molecule has 1 atom stereocenters. The van der Waals surface area contributed by atoms with Crippen molar-refractivity contribution in [3.63, 3.8) is 0 Å². The van der Waals surface area contributed by atoms with E-state index >= 15 is 0 Å². The van der Waals surface area contributed by atoms with Gasteiger partial charge < -0.3 is 24.4 Å². The number of likely N-dealkylation sites (N-methyl/N-ethyl adjacent to an activating group) is 1. The summed E-state index contributed by atoms with van der Waals surface area (Å²) in [6.45, 7) is 8.26. The summed E-state index contributed by atoms with van der Waals surface area (Å²) >= 11 is 0. The van der Waals surface area contributed by atoms with Crippen molar-refractivity contribution in [3.05, 3.63) is 57.7 Å². The minimum atomic E-state index is 0.0527. The van der Waals surface area contributed by atoms with Crippen molar-refractivity contribution in [2.45, 2.75) is 46.1 Å². The van der Waals surface area contributed by atoms with E-state index < -0.39 is 0 Å². The first-order valence-corrected chi connectivity index (χ1v) is 12.6. The summed E-state index contributed by atoms with van der Waals surface area (Å²) < 4.78 is 16.9. The van der Waals surface area contributed by atoms with E-state index in [9.17, 15) is 4.79 Å². The molecular weight excluding hydrogens is 452 g/mol. The van der Waals surface area contributed by atoms with Crippen molar-refractivity contribution in [1.82, 2.24) is 10.2 Å². The predicted molar refractivity (Wildman–Crippen MR) is 146 cm³/mol. The monoisotopic (exact) mass is 490 g/mol. The number of aryl methyl sites for hydroxylation is 1. The number of rotatable bonds is 8. The number of amides is 1. The molecule has 1 heterocycles. The lowest BCUT2D eigenvalue weighted by molar-refractivity contribution is -0.120. The lowest BCUT2D eigenvalue weighted by Crippen LogP contribution is -2.36. The summed E-state index contributed by atoms with van der Waals surface area (Å²) in [5, 5.41) is 3.23. The maximum Gasteiger partial charge on any atom is 0.224 e. The van der Waals surface area contributed by atoms with E-state index in [2.05, 4.69) is 56.2 Å². The molecule has 2 aromatic carbocycles. The van der Waals surface area contributed by atoms with Crippen LogP contribution in [0.1, 0.15) is 54.5 Å². The number of ether oxygens (including phenoxy) is 3. The molecule has 6 heteroatoms. The van der Waals surface area contributed by atoms with Gasteiger partial charge in [0.25, 0.3) is 0 Å². The average molecular weight is 491 g/mol. The molecule has 1 fully saturated rings. The van der Waals surface area contributed by atoms with Gasteiger partial charge in [0.2, 0.25) is 5.91 Å². The molecule has 1 N–H and O–H groups in total. The van der Waals surface area contributed by atoms with Crippen LogP contribution in [0, 0.1) is 6.92 Å². The molecule has 0 aromatic heterocycles. The molecule has 1 aliphatic heterocycles. The third-order valence-electron chi connectivity index (χ3n) is 7.49. The standard InChI is InChI=1S/C30H38N2O4/c1-8-21-11-20(13-27(34-5)18(21)2)12-23-19(3)24(16-30(33)31-22-9-10-32(4)17-22)26-15-29(36-7)28(35-6)14-25(23)26/h11-15,22H,8-10,16-17H2,1-7H3,(H,31,33)/b23-12-/t22-/m0/s1. The van der Waals surface area contributed by atoms with E-state index in [-0.39, 0.29) is 11.9 Å². The van der Waals surface area contributed by atoms with E-state index in [1.165, 1.54) is 11.1 Å². The van der Waals surface area contributed by atoms with Crippen LogP contribution in [0.2, 0.25) is 0 Å². The third kappa shape index (κ3) is 5.00. The van der Waals surface area contributed by atoms with Crippen LogP contribution in [0.25, 0.3) is 17.2 Å². The Labute approximate surface area is 214 Å². The Morgan fingerprint density at radius 1 is 1.03 bits per heavy atom. The number of allylic oxidation sites excluding steroid dienone is 2. The number of fused-ring (bicyclic) bond motifs is 1. The van der Waals surface area contributed by atoms with Gasteiger partial charge in [0.1, 0.15) is 5.75 Å². The van der Waals surface area contributed by atoms with Crippen LogP contribution in [0.3, 0.4) is 0 Å². The van der Waals surface area contributed by atoms with E-state index in [1.54, 1.807) is 21.3 Å². The first-order chi connectivity index (χ1) is 17.3. The van der Waals surface area contributed by atoms with E-state index in [0.29, 0.717) is 17.9 Å². The predicted octanol–water partition coefficient (Wildman–Crippen LogP) is 5.12. The van der Waals surface area contributed by atoms with Gasteiger partial charge in [-0.05, 0) is 109 Å². The minimum Gasteiger partial charge on any atom is -0.496 e. The van der Waals surface area contributed by atoms with E-state index in [1.807, 2.05) is 12.1 Å². The number of benzene rings is 2. The maximum atomic E-state index is 13.1. The molecule has 2 aromatic rings. The summed E-state index contributed by atoms with van der Waals surface area (Å²) in [6.07, 6.45) is 4.43. The molecule has 0 saturated carbocycles. The highest BCUT2D eigenvalue weighted by atomic mass is 16.5. The van der Waals surface area contributed by atoms with Crippen molar-refractivity contribution in [1.29, 1.82) is 0 Å². The smallest absolute Gasteiger partial charge is 0.224 e. The molecule has 1 amide bonds. The number of nitrogens with one attached hydrogen (secondary N) is 1. The van der Waals surface area contributed by atoms with Gasteiger partial charge in [-0.2, -0.15) is 0 Å². The lowest BCUT2D eigenvalue weighted by atomic mass is 9.97. The normalized spacial score (nSPS) is 18.5. The number of nitrogens with zero attached hydrogens (tertiary/aromatic N) is 1. The highest BCUT2D eigenvalue weighted by Gasteiger charge is 2.29. The highest BCUT2D eigenvalue weighted by molar-refractivity contribution is 6.08. The molecule has 1 aliphatic carbocycles. The van der Waals surface area contributed by atoms with Crippen LogP contribution in [-0.4, -0.2) is 58.3 Å². The average Bonchev–Trinajstić information content (AvgIpc) is 3.39. The van der Waals surface area contributed by atoms with Gasteiger partial charge in [-0.1, -0.05) is 13.0 Å². The van der Waals surface area contributed by atoms with Gasteiger partial charge in [-0.25, -0.2) is 0 Å². The molecule has 192 valence electrons. The van der Waals surface area contributed by atoms with Crippen molar-refractivity contribution in [3.8, 4) is 17.2 Å². The number of carbonyl (C=O) groups excluding carboxylic acids is 1. The number of carbonyl (C=O) groups is 1. The topological polar surface area (TPSA) is 60.0 Å². The van der Waals surface area contributed by atoms with Gasteiger partial charge in [-0.3, -0.25) is 4.79 Å². The summed E-state index contributed by atoms with van der Waals surface area (Å²) in [4.78, 5) is 15.4. The molecule has 0 radical (unpaired) electrons. The molecule has 2 aliphatic rings. The zero-order chi connectivity index (χ0) is 26.0.